The lowest BCUT2D eigenvalue weighted by atomic mass is 9.89. The number of nitrogens with zero attached hydrogens (tertiary/aromatic N) is 1. The highest BCUT2D eigenvalue weighted by atomic mass is 32.2. The van der Waals surface area contributed by atoms with Gasteiger partial charge < -0.3 is 0 Å². The maximum absolute atomic E-state index is 13.3. The van der Waals surface area contributed by atoms with Crippen LogP contribution in [0.2, 0.25) is 0 Å². The predicted molar refractivity (Wildman–Crippen MR) is 72.0 cm³/mol. The summed E-state index contributed by atoms with van der Waals surface area (Å²) in [7, 11) is -3.73. The van der Waals surface area contributed by atoms with Gasteiger partial charge in [0.05, 0.1) is 10.8 Å². The molecule has 0 fully saturated rings. The van der Waals surface area contributed by atoms with Gasteiger partial charge in [-0.2, -0.15) is 0 Å². The molecule has 0 aromatic carbocycles. The van der Waals surface area contributed by atoms with E-state index < -0.39 is 27.1 Å². The van der Waals surface area contributed by atoms with Crippen LogP contribution in [0.1, 0.15) is 25.8 Å². The maximum atomic E-state index is 13.3. The SMILES string of the molecule is CC(F)(F)C(C)(C)CS(=O)(=O)NCCc1nccs1. The van der Waals surface area contributed by atoms with E-state index in [-0.39, 0.29) is 6.54 Å². The average Bonchev–Trinajstić information content (AvgIpc) is 2.66. The number of rotatable bonds is 7. The first kappa shape index (κ1) is 16.5. The molecule has 4 nitrogen and oxygen atoms in total. The third kappa shape index (κ3) is 5.12. The summed E-state index contributed by atoms with van der Waals surface area (Å²) in [5.74, 6) is -3.67. The molecule has 0 saturated carbocycles. The van der Waals surface area contributed by atoms with Gasteiger partial charge in [0, 0.05) is 30.0 Å². The summed E-state index contributed by atoms with van der Waals surface area (Å²) in [6, 6.07) is 0. The van der Waals surface area contributed by atoms with E-state index in [0.717, 1.165) is 11.9 Å². The van der Waals surface area contributed by atoms with Crippen LogP contribution in [-0.4, -0.2) is 31.6 Å². The molecular weight excluding hydrogens is 294 g/mol. The Morgan fingerprint density at radius 2 is 2.00 bits per heavy atom. The van der Waals surface area contributed by atoms with E-state index in [1.807, 2.05) is 0 Å². The lowest BCUT2D eigenvalue weighted by molar-refractivity contribution is -0.0768. The van der Waals surface area contributed by atoms with Crippen LogP contribution in [0.5, 0.6) is 0 Å². The molecular formula is C11H18F2N2O2S2. The Bertz CT molecular complexity index is 493. The first-order valence-corrected chi connectivity index (χ1v) is 8.30. The highest BCUT2D eigenvalue weighted by molar-refractivity contribution is 7.89. The van der Waals surface area contributed by atoms with Crippen molar-refractivity contribution in [3.8, 4) is 0 Å². The van der Waals surface area contributed by atoms with Crippen LogP contribution in [0.3, 0.4) is 0 Å². The molecule has 8 heteroatoms. The monoisotopic (exact) mass is 312 g/mol. The first-order chi connectivity index (χ1) is 8.54. The molecule has 0 aliphatic carbocycles. The van der Waals surface area contributed by atoms with Crippen molar-refractivity contribution in [1.82, 2.24) is 9.71 Å². The Balaban J connectivity index is 2.53. The number of halogens is 2. The molecule has 1 aromatic heterocycles. The molecule has 0 aliphatic rings. The minimum absolute atomic E-state index is 0.168. The summed E-state index contributed by atoms with van der Waals surface area (Å²) in [4.78, 5) is 4.01. The van der Waals surface area contributed by atoms with E-state index in [2.05, 4.69) is 9.71 Å². The highest BCUT2D eigenvalue weighted by Crippen LogP contribution is 2.36. The van der Waals surface area contributed by atoms with E-state index in [0.29, 0.717) is 6.42 Å². The van der Waals surface area contributed by atoms with E-state index in [1.165, 1.54) is 25.2 Å². The zero-order valence-electron chi connectivity index (χ0n) is 11.1. The molecule has 110 valence electrons. The van der Waals surface area contributed by atoms with Gasteiger partial charge in [0.25, 0.3) is 5.92 Å². The van der Waals surface area contributed by atoms with Gasteiger partial charge >= 0.3 is 0 Å². The second-order valence-electron chi connectivity index (χ2n) is 5.10. The van der Waals surface area contributed by atoms with Gasteiger partial charge in [-0.1, -0.05) is 13.8 Å². The van der Waals surface area contributed by atoms with Gasteiger partial charge in [0.1, 0.15) is 0 Å². The van der Waals surface area contributed by atoms with E-state index in [1.54, 1.807) is 11.6 Å². The third-order valence-electron chi connectivity index (χ3n) is 2.88. The molecule has 1 aromatic rings. The van der Waals surface area contributed by atoms with Crippen LogP contribution in [0.4, 0.5) is 8.78 Å². The number of alkyl halides is 2. The fourth-order valence-corrected chi connectivity index (χ4v) is 3.68. The molecule has 0 spiro atoms. The Labute approximate surface area is 116 Å². The molecule has 1 N–H and O–H groups in total. The fourth-order valence-electron chi connectivity index (χ4n) is 1.34. The second-order valence-corrected chi connectivity index (χ2v) is 7.89. The van der Waals surface area contributed by atoms with Crippen molar-refractivity contribution in [2.75, 3.05) is 12.3 Å². The average molecular weight is 312 g/mol. The molecule has 0 radical (unpaired) electrons. The number of nitrogens with one attached hydrogen (secondary N) is 1. The molecule has 1 rings (SSSR count). The summed E-state index contributed by atoms with van der Waals surface area (Å²) >= 11 is 1.42. The van der Waals surface area contributed by atoms with Crippen molar-refractivity contribution in [2.24, 2.45) is 5.41 Å². The van der Waals surface area contributed by atoms with Crippen LogP contribution in [0, 0.1) is 5.41 Å². The number of hydrogen-bond acceptors (Lipinski definition) is 4. The summed E-state index contributed by atoms with van der Waals surface area (Å²) in [6.45, 7) is 3.39. The normalized spacial score (nSPS) is 13.7. The standard InChI is InChI=1S/C11H18F2N2O2S2/c1-10(2,11(3,12)13)8-19(16,17)15-5-4-9-14-6-7-18-9/h6-7,15H,4-5,8H2,1-3H3. The van der Waals surface area contributed by atoms with Crippen molar-refractivity contribution in [2.45, 2.75) is 33.1 Å². The topological polar surface area (TPSA) is 59.1 Å². The van der Waals surface area contributed by atoms with Gasteiger partial charge in [-0.25, -0.2) is 26.9 Å². The summed E-state index contributed by atoms with van der Waals surface area (Å²) in [5.41, 5.74) is -1.61. The Kier molecular flexibility index (Phi) is 5.02. The van der Waals surface area contributed by atoms with Crippen LogP contribution in [0.15, 0.2) is 11.6 Å². The van der Waals surface area contributed by atoms with Gasteiger partial charge in [-0.05, 0) is 6.92 Å². The first-order valence-electron chi connectivity index (χ1n) is 5.77. The van der Waals surface area contributed by atoms with Gasteiger partial charge in [0.2, 0.25) is 10.0 Å². The van der Waals surface area contributed by atoms with E-state index >= 15 is 0 Å². The number of hydrogen-bond donors (Lipinski definition) is 1. The minimum Gasteiger partial charge on any atom is -0.250 e. The Morgan fingerprint density at radius 3 is 2.47 bits per heavy atom. The van der Waals surface area contributed by atoms with Gasteiger partial charge in [0.15, 0.2) is 0 Å². The Morgan fingerprint density at radius 1 is 1.37 bits per heavy atom. The smallest absolute Gasteiger partial charge is 0.250 e. The molecule has 1 heterocycles. The molecule has 0 aliphatic heterocycles. The lowest BCUT2D eigenvalue weighted by Gasteiger charge is -2.30. The van der Waals surface area contributed by atoms with Crippen LogP contribution in [-0.2, 0) is 16.4 Å². The Hall–Kier alpha value is -0.600. The summed E-state index contributed by atoms with van der Waals surface area (Å²) in [6.07, 6.45) is 2.09. The van der Waals surface area contributed by atoms with E-state index in [4.69, 9.17) is 0 Å². The van der Waals surface area contributed by atoms with Crippen LogP contribution < -0.4 is 4.72 Å². The molecule has 0 unspecified atom stereocenters. The number of sulfonamides is 1. The quantitative estimate of drug-likeness (QED) is 0.840. The van der Waals surface area contributed by atoms with Crippen molar-refractivity contribution in [3.05, 3.63) is 16.6 Å². The number of aromatic nitrogens is 1. The van der Waals surface area contributed by atoms with E-state index in [9.17, 15) is 17.2 Å². The van der Waals surface area contributed by atoms with Crippen LogP contribution >= 0.6 is 11.3 Å². The molecule has 0 atom stereocenters. The third-order valence-corrected chi connectivity index (χ3v) is 5.47. The molecule has 19 heavy (non-hydrogen) atoms. The minimum atomic E-state index is -3.73. The number of thiazole rings is 1. The largest absolute Gasteiger partial charge is 0.251 e. The molecule has 0 bridgehead atoms. The summed E-state index contributed by atoms with van der Waals surface area (Å²) < 4.78 is 52.4. The zero-order chi connectivity index (χ0) is 14.7. The molecule has 0 amide bonds. The zero-order valence-corrected chi connectivity index (χ0v) is 12.7. The summed E-state index contributed by atoms with van der Waals surface area (Å²) in [5, 5.41) is 2.60. The molecule has 0 saturated heterocycles. The van der Waals surface area contributed by atoms with Crippen molar-refractivity contribution < 1.29 is 17.2 Å². The highest BCUT2D eigenvalue weighted by Gasteiger charge is 2.44. The van der Waals surface area contributed by atoms with Gasteiger partial charge in [-0.15, -0.1) is 11.3 Å². The van der Waals surface area contributed by atoms with Crippen molar-refractivity contribution in [3.63, 3.8) is 0 Å². The fraction of sp³-hybridized carbons (Fsp3) is 0.727. The predicted octanol–water partition coefficient (Wildman–Crippen LogP) is 2.29. The maximum Gasteiger partial charge on any atom is 0.251 e. The second kappa shape index (κ2) is 5.80. The van der Waals surface area contributed by atoms with Gasteiger partial charge in [-0.3, -0.25) is 0 Å². The van der Waals surface area contributed by atoms with Crippen molar-refractivity contribution in [1.29, 1.82) is 0 Å². The van der Waals surface area contributed by atoms with Crippen molar-refractivity contribution >= 4 is 21.4 Å². The lowest BCUT2D eigenvalue weighted by Crippen LogP contribution is -2.43. The van der Waals surface area contributed by atoms with Crippen LogP contribution in [0.25, 0.3) is 0 Å².